The van der Waals surface area contributed by atoms with Crippen LogP contribution in [-0.2, 0) is 0 Å². The summed E-state index contributed by atoms with van der Waals surface area (Å²) in [6.45, 7) is 0. The van der Waals surface area contributed by atoms with Crippen LogP contribution in [-0.4, -0.2) is 11.1 Å². The van der Waals surface area contributed by atoms with E-state index < -0.39 is 5.97 Å². The van der Waals surface area contributed by atoms with Gasteiger partial charge in [-0.3, -0.25) is 0 Å². The van der Waals surface area contributed by atoms with Gasteiger partial charge in [-0.2, -0.15) is 0 Å². The Bertz CT molecular complexity index is 538. The number of carboxylic acid groups (broad SMARTS) is 1. The first-order valence-electron chi connectivity index (χ1n) is 5.02. The number of hydrogen-bond donors (Lipinski definition) is 2. The average Bonchev–Trinajstić information content (AvgIpc) is 2.30. The number of anilines is 1. The molecule has 4 nitrogen and oxygen atoms in total. The number of benzene rings is 2. The Morgan fingerprint density at radius 3 is 2.47 bits per heavy atom. The van der Waals surface area contributed by atoms with Crippen molar-refractivity contribution in [2.24, 2.45) is 0 Å². The fourth-order valence-corrected chi connectivity index (χ4v) is 1.42. The third-order valence-corrected chi connectivity index (χ3v) is 2.21. The highest BCUT2D eigenvalue weighted by molar-refractivity contribution is 5.91. The lowest BCUT2D eigenvalue weighted by atomic mass is 10.2. The molecular formula is C13H11NO3. The van der Waals surface area contributed by atoms with Crippen LogP contribution in [0.1, 0.15) is 10.4 Å². The summed E-state index contributed by atoms with van der Waals surface area (Å²) in [6.07, 6.45) is 0. The molecule has 0 unspecified atom stereocenters. The number of carboxylic acids is 1. The van der Waals surface area contributed by atoms with Gasteiger partial charge in [-0.25, -0.2) is 4.79 Å². The first-order chi connectivity index (χ1) is 8.16. The van der Waals surface area contributed by atoms with Crippen molar-refractivity contribution in [3.05, 3.63) is 54.1 Å². The molecule has 0 aliphatic carbocycles. The van der Waals surface area contributed by atoms with Gasteiger partial charge in [0.2, 0.25) is 0 Å². The van der Waals surface area contributed by atoms with Gasteiger partial charge < -0.3 is 15.6 Å². The molecule has 4 heteroatoms. The minimum atomic E-state index is -1.05. The van der Waals surface area contributed by atoms with E-state index >= 15 is 0 Å². The van der Waals surface area contributed by atoms with Crippen molar-refractivity contribution in [1.29, 1.82) is 0 Å². The number of rotatable bonds is 3. The summed E-state index contributed by atoms with van der Waals surface area (Å²) in [5, 5.41) is 9.01. The van der Waals surface area contributed by atoms with E-state index in [1.165, 1.54) is 18.2 Å². The second kappa shape index (κ2) is 4.57. The first kappa shape index (κ1) is 11.0. The Hall–Kier alpha value is -2.49. The molecular weight excluding hydrogens is 218 g/mol. The van der Waals surface area contributed by atoms with Gasteiger partial charge in [-0.1, -0.05) is 18.2 Å². The molecule has 2 aromatic carbocycles. The van der Waals surface area contributed by atoms with Crippen LogP contribution < -0.4 is 10.5 Å². The maximum absolute atomic E-state index is 11.0. The van der Waals surface area contributed by atoms with Gasteiger partial charge in [-0.05, 0) is 24.3 Å². The minimum absolute atomic E-state index is 0.0862. The molecule has 0 aliphatic rings. The van der Waals surface area contributed by atoms with Crippen LogP contribution in [0.25, 0.3) is 0 Å². The van der Waals surface area contributed by atoms with E-state index in [1.807, 2.05) is 18.2 Å². The van der Waals surface area contributed by atoms with Gasteiger partial charge in [0.15, 0.2) is 0 Å². The monoisotopic (exact) mass is 229 g/mol. The van der Waals surface area contributed by atoms with Gasteiger partial charge >= 0.3 is 5.97 Å². The molecule has 0 aliphatic heterocycles. The van der Waals surface area contributed by atoms with Crippen molar-refractivity contribution in [3.63, 3.8) is 0 Å². The molecule has 0 radical (unpaired) electrons. The third-order valence-electron chi connectivity index (χ3n) is 2.21. The summed E-state index contributed by atoms with van der Waals surface area (Å²) < 4.78 is 5.49. The molecule has 3 N–H and O–H groups in total. The van der Waals surface area contributed by atoms with Crippen LogP contribution in [0.2, 0.25) is 0 Å². The van der Waals surface area contributed by atoms with Gasteiger partial charge in [0, 0.05) is 11.8 Å². The van der Waals surface area contributed by atoms with Crippen molar-refractivity contribution < 1.29 is 14.6 Å². The van der Waals surface area contributed by atoms with Crippen LogP contribution in [0.5, 0.6) is 11.5 Å². The van der Waals surface area contributed by atoms with Gasteiger partial charge in [0.05, 0.1) is 0 Å². The van der Waals surface area contributed by atoms with Crippen molar-refractivity contribution in [1.82, 2.24) is 0 Å². The lowest BCUT2D eigenvalue weighted by Crippen LogP contribution is -2.01. The van der Waals surface area contributed by atoms with E-state index in [9.17, 15) is 4.79 Å². The van der Waals surface area contributed by atoms with E-state index in [-0.39, 0.29) is 11.3 Å². The van der Waals surface area contributed by atoms with E-state index in [4.69, 9.17) is 15.6 Å². The van der Waals surface area contributed by atoms with Crippen LogP contribution in [0.3, 0.4) is 0 Å². The SMILES string of the molecule is Nc1ccc(C(=O)O)c(Oc2ccccc2)c1. The number of hydrogen-bond acceptors (Lipinski definition) is 3. The lowest BCUT2D eigenvalue weighted by Gasteiger charge is -2.09. The van der Waals surface area contributed by atoms with Crippen LogP contribution >= 0.6 is 0 Å². The van der Waals surface area contributed by atoms with E-state index in [2.05, 4.69) is 0 Å². The summed E-state index contributed by atoms with van der Waals surface area (Å²) in [6, 6.07) is 13.4. The van der Waals surface area contributed by atoms with E-state index in [1.54, 1.807) is 12.1 Å². The molecule has 17 heavy (non-hydrogen) atoms. The zero-order valence-electron chi connectivity index (χ0n) is 8.96. The number of nitrogen functional groups attached to an aromatic ring is 1. The topological polar surface area (TPSA) is 72.6 Å². The van der Waals surface area contributed by atoms with Gasteiger partial charge in [0.1, 0.15) is 17.1 Å². The quantitative estimate of drug-likeness (QED) is 0.794. The summed E-state index contributed by atoms with van der Waals surface area (Å²) in [5.74, 6) is -0.236. The Labute approximate surface area is 98.3 Å². The number of nitrogens with two attached hydrogens (primary N) is 1. The third kappa shape index (κ3) is 2.55. The normalized spacial score (nSPS) is 9.88. The molecule has 0 saturated carbocycles. The summed E-state index contributed by atoms with van der Waals surface area (Å²) in [4.78, 5) is 11.0. The predicted molar refractivity (Wildman–Crippen MR) is 64.3 cm³/mol. The Morgan fingerprint density at radius 2 is 1.82 bits per heavy atom. The molecule has 0 spiro atoms. The van der Waals surface area contributed by atoms with Crippen LogP contribution in [0.15, 0.2) is 48.5 Å². The highest BCUT2D eigenvalue weighted by atomic mass is 16.5. The maximum atomic E-state index is 11.0. The maximum Gasteiger partial charge on any atom is 0.339 e. The minimum Gasteiger partial charge on any atom is -0.478 e. The Morgan fingerprint density at radius 1 is 1.12 bits per heavy atom. The van der Waals surface area contributed by atoms with Gasteiger partial charge in [-0.15, -0.1) is 0 Å². The van der Waals surface area contributed by atoms with Gasteiger partial charge in [0.25, 0.3) is 0 Å². The largest absolute Gasteiger partial charge is 0.478 e. The standard InChI is InChI=1S/C13H11NO3/c14-9-6-7-11(13(15)16)12(8-9)17-10-4-2-1-3-5-10/h1-8H,14H2,(H,15,16). The zero-order valence-corrected chi connectivity index (χ0v) is 8.96. The molecule has 86 valence electrons. The number of para-hydroxylation sites is 1. The van der Waals surface area contributed by atoms with Crippen molar-refractivity contribution in [2.45, 2.75) is 0 Å². The van der Waals surface area contributed by atoms with E-state index in [0.717, 1.165) is 0 Å². The second-order valence-electron chi connectivity index (χ2n) is 3.48. The van der Waals surface area contributed by atoms with Crippen LogP contribution in [0, 0.1) is 0 Å². The highest BCUT2D eigenvalue weighted by Gasteiger charge is 2.12. The number of ether oxygens (including phenoxy) is 1. The highest BCUT2D eigenvalue weighted by Crippen LogP contribution is 2.27. The number of carbonyl (C=O) groups is 1. The zero-order chi connectivity index (χ0) is 12.3. The predicted octanol–water partition coefficient (Wildman–Crippen LogP) is 2.76. The molecule has 0 bridgehead atoms. The molecule has 0 fully saturated rings. The fraction of sp³-hybridized carbons (Fsp3) is 0. The van der Waals surface area contributed by atoms with Crippen LogP contribution in [0.4, 0.5) is 5.69 Å². The van der Waals surface area contributed by atoms with Crippen molar-refractivity contribution in [2.75, 3.05) is 5.73 Å². The molecule has 0 amide bonds. The Balaban J connectivity index is 2.37. The molecule has 0 atom stereocenters. The average molecular weight is 229 g/mol. The smallest absolute Gasteiger partial charge is 0.339 e. The van der Waals surface area contributed by atoms with Crippen molar-refractivity contribution in [3.8, 4) is 11.5 Å². The fourth-order valence-electron chi connectivity index (χ4n) is 1.42. The molecule has 0 heterocycles. The van der Waals surface area contributed by atoms with Crippen molar-refractivity contribution >= 4 is 11.7 Å². The molecule has 0 aromatic heterocycles. The molecule has 2 aromatic rings. The summed E-state index contributed by atoms with van der Waals surface area (Å²) >= 11 is 0. The lowest BCUT2D eigenvalue weighted by molar-refractivity contribution is 0.0694. The second-order valence-corrected chi connectivity index (χ2v) is 3.48. The van der Waals surface area contributed by atoms with E-state index in [0.29, 0.717) is 11.4 Å². The molecule has 2 rings (SSSR count). The Kier molecular flexibility index (Phi) is 2.96. The first-order valence-corrected chi connectivity index (χ1v) is 5.02. The molecule has 0 saturated heterocycles. The number of aromatic carboxylic acids is 1. The summed E-state index contributed by atoms with van der Waals surface area (Å²) in [7, 11) is 0. The summed E-state index contributed by atoms with van der Waals surface area (Å²) in [5.41, 5.74) is 6.15.